The lowest BCUT2D eigenvalue weighted by atomic mass is 9.88. The van der Waals surface area contributed by atoms with Gasteiger partial charge in [0.1, 0.15) is 11.6 Å². The zero-order valence-corrected chi connectivity index (χ0v) is 15.2. The van der Waals surface area contributed by atoms with Crippen molar-refractivity contribution in [1.29, 1.82) is 0 Å². The summed E-state index contributed by atoms with van der Waals surface area (Å²) in [7, 11) is 0. The molecule has 0 bridgehead atoms. The summed E-state index contributed by atoms with van der Waals surface area (Å²) in [6, 6.07) is 5.68. The van der Waals surface area contributed by atoms with Gasteiger partial charge in [0.25, 0.3) is 0 Å². The minimum Gasteiger partial charge on any atom is -0.367 e. The molecule has 1 amide bonds. The van der Waals surface area contributed by atoms with Gasteiger partial charge in [0, 0.05) is 37.5 Å². The van der Waals surface area contributed by atoms with Crippen LogP contribution in [0, 0.1) is 19.8 Å². The van der Waals surface area contributed by atoms with Crippen LogP contribution in [-0.2, 0) is 9.59 Å². The molecule has 1 aliphatic carbocycles. The van der Waals surface area contributed by atoms with Crippen LogP contribution in [0.2, 0.25) is 0 Å². The van der Waals surface area contributed by atoms with Crippen molar-refractivity contribution >= 4 is 17.5 Å². The smallest absolute Gasteiger partial charge is 0.223 e. The van der Waals surface area contributed by atoms with Crippen LogP contribution < -0.4 is 10.6 Å². The van der Waals surface area contributed by atoms with Crippen molar-refractivity contribution in [3.05, 3.63) is 29.6 Å². The van der Waals surface area contributed by atoms with Crippen LogP contribution in [0.4, 0.5) is 5.82 Å². The second-order valence-electron chi connectivity index (χ2n) is 6.65. The van der Waals surface area contributed by atoms with Crippen LogP contribution in [0.3, 0.4) is 0 Å². The molecule has 1 fully saturated rings. The maximum atomic E-state index is 12.1. The van der Waals surface area contributed by atoms with Gasteiger partial charge in [-0.3, -0.25) is 9.59 Å². The second kappa shape index (κ2) is 8.07. The number of nitrogens with zero attached hydrogens (tertiary/aromatic N) is 4. The van der Waals surface area contributed by atoms with Gasteiger partial charge in [-0.15, -0.1) is 10.2 Å². The molecule has 0 atom stereocenters. The van der Waals surface area contributed by atoms with Gasteiger partial charge in [-0.1, -0.05) is 0 Å². The number of carbonyl (C=O) groups is 2. The largest absolute Gasteiger partial charge is 0.367 e. The van der Waals surface area contributed by atoms with Crippen LogP contribution >= 0.6 is 0 Å². The number of nitrogens with one attached hydrogen (secondary N) is 2. The number of Topliss-reactive ketones (excluding diaryl/α,β-unsaturated/α-hetero) is 1. The van der Waals surface area contributed by atoms with Crippen LogP contribution in [0.15, 0.2) is 18.2 Å². The lowest BCUT2D eigenvalue weighted by Crippen LogP contribution is -2.36. The first-order chi connectivity index (χ1) is 12.5. The highest BCUT2D eigenvalue weighted by atomic mass is 16.2. The predicted octanol–water partition coefficient (Wildman–Crippen LogP) is 1.57. The Morgan fingerprint density at radius 3 is 2.58 bits per heavy atom. The van der Waals surface area contributed by atoms with E-state index >= 15 is 0 Å². The topological polar surface area (TPSA) is 102 Å². The van der Waals surface area contributed by atoms with E-state index in [9.17, 15) is 9.59 Å². The van der Waals surface area contributed by atoms with Gasteiger partial charge in [0.15, 0.2) is 5.82 Å². The van der Waals surface area contributed by atoms with Gasteiger partial charge in [0.05, 0.1) is 5.69 Å². The Bertz CT molecular complexity index is 773. The number of aromatic nitrogens is 4. The van der Waals surface area contributed by atoms with E-state index in [2.05, 4.69) is 25.9 Å². The van der Waals surface area contributed by atoms with Gasteiger partial charge in [-0.2, -0.15) is 5.10 Å². The first-order valence-electron chi connectivity index (χ1n) is 8.93. The normalized spacial score (nSPS) is 15.1. The molecule has 2 heterocycles. The molecule has 0 aromatic carbocycles. The molecule has 0 saturated heterocycles. The molecule has 8 nitrogen and oxygen atoms in total. The summed E-state index contributed by atoms with van der Waals surface area (Å²) in [5.41, 5.74) is 1.94. The Kier molecular flexibility index (Phi) is 5.60. The summed E-state index contributed by atoms with van der Waals surface area (Å²) in [5, 5.41) is 18.8. The Balaban J connectivity index is 1.43. The highest BCUT2D eigenvalue weighted by Crippen LogP contribution is 2.21. The van der Waals surface area contributed by atoms with Crippen molar-refractivity contribution in [2.75, 3.05) is 18.4 Å². The molecule has 138 valence electrons. The number of rotatable bonds is 6. The minimum atomic E-state index is -0.0347. The molecular formula is C18H24N6O2. The maximum absolute atomic E-state index is 12.1. The molecule has 0 aliphatic heterocycles. The van der Waals surface area contributed by atoms with Gasteiger partial charge in [-0.05, 0) is 44.9 Å². The lowest BCUT2D eigenvalue weighted by Gasteiger charge is -2.20. The maximum Gasteiger partial charge on any atom is 0.223 e. The van der Waals surface area contributed by atoms with Crippen molar-refractivity contribution in [3.63, 3.8) is 0 Å². The first-order valence-corrected chi connectivity index (χ1v) is 8.93. The van der Waals surface area contributed by atoms with Crippen molar-refractivity contribution in [2.45, 2.75) is 39.5 Å². The number of carbonyl (C=O) groups excluding carboxylic acids is 2. The number of amides is 1. The van der Waals surface area contributed by atoms with E-state index in [1.165, 1.54) is 0 Å². The molecule has 0 unspecified atom stereocenters. The highest BCUT2D eigenvalue weighted by Gasteiger charge is 2.24. The van der Waals surface area contributed by atoms with Crippen molar-refractivity contribution in [3.8, 4) is 5.82 Å². The number of hydrogen-bond donors (Lipinski definition) is 2. The zero-order valence-electron chi connectivity index (χ0n) is 15.2. The average molecular weight is 356 g/mol. The van der Waals surface area contributed by atoms with Gasteiger partial charge < -0.3 is 10.6 Å². The van der Waals surface area contributed by atoms with Crippen LogP contribution in [-0.4, -0.2) is 44.8 Å². The van der Waals surface area contributed by atoms with E-state index in [1.807, 2.05) is 32.0 Å². The van der Waals surface area contributed by atoms with E-state index in [4.69, 9.17) is 0 Å². The molecule has 3 rings (SSSR count). The van der Waals surface area contributed by atoms with Crippen LogP contribution in [0.1, 0.15) is 37.1 Å². The third-order valence-corrected chi connectivity index (χ3v) is 4.52. The molecule has 2 aromatic rings. The van der Waals surface area contributed by atoms with Crippen LogP contribution in [0.25, 0.3) is 5.82 Å². The second-order valence-corrected chi connectivity index (χ2v) is 6.65. The molecule has 0 spiro atoms. The third-order valence-electron chi connectivity index (χ3n) is 4.52. The van der Waals surface area contributed by atoms with Gasteiger partial charge in [-0.25, -0.2) is 4.68 Å². The van der Waals surface area contributed by atoms with Gasteiger partial charge in [0.2, 0.25) is 5.91 Å². The quantitative estimate of drug-likeness (QED) is 0.762. The summed E-state index contributed by atoms with van der Waals surface area (Å²) in [6.07, 6.45) is 2.37. The lowest BCUT2D eigenvalue weighted by molar-refractivity contribution is -0.128. The van der Waals surface area contributed by atoms with E-state index in [1.54, 1.807) is 4.68 Å². The Labute approximate surface area is 152 Å². The fraction of sp³-hybridized carbons (Fsp3) is 0.500. The highest BCUT2D eigenvalue weighted by molar-refractivity contribution is 5.84. The van der Waals surface area contributed by atoms with Crippen molar-refractivity contribution in [1.82, 2.24) is 25.3 Å². The fourth-order valence-corrected chi connectivity index (χ4v) is 3.12. The standard InChI is InChI=1S/C18H24N6O2/c1-12-11-13(2)24(23-12)17-8-7-16(21-22-17)19-9-10-20-18(26)14-3-5-15(25)6-4-14/h7-8,11,14H,3-6,9-10H2,1-2H3,(H,19,21)(H,20,26). The molecule has 1 saturated carbocycles. The molecule has 8 heteroatoms. The van der Waals surface area contributed by atoms with E-state index in [0.29, 0.717) is 50.4 Å². The number of hydrogen-bond acceptors (Lipinski definition) is 6. The van der Waals surface area contributed by atoms with Crippen molar-refractivity contribution in [2.24, 2.45) is 5.92 Å². The number of ketones is 1. The third kappa shape index (κ3) is 4.44. The number of aryl methyl sites for hydroxylation is 2. The monoisotopic (exact) mass is 356 g/mol. The first kappa shape index (κ1) is 18.0. The number of anilines is 1. The molecule has 26 heavy (non-hydrogen) atoms. The SMILES string of the molecule is Cc1cc(C)n(-c2ccc(NCCNC(=O)C3CCC(=O)CC3)nn2)n1. The average Bonchev–Trinajstić information content (AvgIpc) is 2.98. The summed E-state index contributed by atoms with van der Waals surface area (Å²) < 4.78 is 1.75. The summed E-state index contributed by atoms with van der Waals surface area (Å²) in [5.74, 6) is 1.57. The van der Waals surface area contributed by atoms with Crippen LogP contribution in [0.5, 0.6) is 0 Å². The molecule has 2 aromatic heterocycles. The Morgan fingerprint density at radius 1 is 1.19 bits per heavy atom. The fourth-order valence-electron chi connectivity index (χ4n) is 3.12. The summed E-state index contributed by atoms with van der Waals surface area (Å²) in [6.45, 7) is 4.97. The molecule has 2 N–H and O–H groups in total. The molecular weight excluding hydrogens is 332 g/mol. The van der Waals surface area contributed by atoms with Crippen molar-refractivity contribution < 1.29 is 9.59 Å². The summed E-state index contributed by atoms with van der Waals surface area (Å²) in [4.78, 5) is 23.3. The molecule has 1 aliphatic rings. The van der Waals surface area contributed by atoms with E-state index in [-0.39, 0.29) is 17.6 Å². The van der Waals surface area contributed by atoms with E-state index < -0.39 is 0 Å². The Morgan fingerprint density at radius 2 is 1.96 bits per heavy atom. The van der Waals surface area contributed by atoms with E-state index in [0.717, 1.165) is 11.4 Å². The predicted molar refractivity (Wildman–Crippen MR) is 97.1 cm³/mol. The summed E-state index contributed by atoms with van der Waals surface area (Å²) >= 11 is 0. The minimum absolute atomic E-state index is 0.0326. The van der Waals surface area contributed by atoms with Gasteiger partial charge >= 0.3 is 0 Å². The Hall–Kier alpha value is -2.77. The molecule has 0 radical (unpaired) electrons. The zero-order chi connectivity index (χ0) is 18.5.